The number of benzene rings is 2. The van der Waals surface area contributed by atoms with Gasteiger partial charge in [-0.15, -0.1) is 0 Å². The first kappa shape index (κ1) is 21.4. The van der Waals surface area contributed by atoms with Crippen LogP contribution in [-0.4, -0.2) is 16.9 Å². The summed E-state index contributed by atoms with van der Waals surface area (Å²) in [5, 5.41) is 7.60. The molecule has 1 aliphatic rings. The highest BCUT2D eigenvalue weighted by molar-refractivity contribution is 6.07. The first-order valence-corrected chi connectivity index (χ1v) is 11.5. The smallest absolute Gasteiger partial charge is 0.252 e. The number of fused-ring (bicyclic) bond motifs is 1. The zero-order valence-electron chi connectivity index (χ0n) is 19.0. The van der Waals surface area contributed by atoms with Gasteiger partial charge in [-0.3, -0.25) is 4.79 Å². The average Bonchev–Trinajstić information content (AvgIpc) is 2.76. The van der Waals surface area contributed by atoms with Gasteiger partial charge in [-0.05, 0) is 54.0 Å². The first-order valence-electron chi connectivity index (χ1n) is 11.5. The Morgan fingerprint density at radius 3 is 2.52 bits per heavy atom. The molecule has 1 saturated carbocycles. The average molecular weight is 416 g/mol. The van der Waals surface area contributed by atoms with Crippen LogP contribution >= 0.6 is 0 Å². The minimum absolute atomic E-state index is 0.0113. The van der Waals surface area contributed by atoms with Crippen LogP contribution in [0.5, 0.6) is 0 Å². The number of amides is 1. The van der Waals surface area contributed by atoms with E-state index in [1.165, 1.54) is 18.4 Å². The van der Waals surface area contributed by atoms with E-state index < -0.39 is 0 Å². The molecule has 1 heterocycles. The molecule has 0 saturated heterocycles. The van der Waals surface area contributed by atoms with E-state index in [1.807, 2.05) is 30.3 Å². The Labute approximate surface area is 185 Å². The Morgan fingerprint density at radius 2 is 1.77 bits per heavy atom. The molecule has 4 rings (SSSR count). The maximum absolute atomic E-state index is 13.3. The number of carbonyl (C=O) groups excluding carboxylic acids is 1. The van der Waals surface area contributed by atoms with Crippen molar-refractivity contribution in [3.63, 3.8) is 0 Å². The Bertz CT molecular complexity index is 1060. The second-order valence-corrected chi connectivity index (χ2v) is 9.32. The molecule has 0 spiro atoms. The zero-order chi connectivity index (χ0) is 22.0. The van der Waals surface area contributed by atoms with E-state index in [9.17, 15) is 4.79 Å². The van der Waals surface area contributed by atoms with E-state index in [0.29, 0.717) is 29.1 Å². The number of hydrogen-bond donors (Lipinski definition) is 2. The van der Waals surface area contributed by atoms with E-state index in [2.05, 4.69) is 62.6 Å². The van der Waals surface area contributed by atoms with Crippen LogP contribution in [0, 0.1) is 11.8 Å². The molecule has 4 nitrogen and oxygen atoms in total. The number of nitrogens with zero attached hydrogens (tertiary/aromatic N) is 1. The number of aromatic nitrogens is 1. The standard InChI is InChI=1S/C27H33N3O/c1-17(2)20-12-14-21(15-13-20)28-26-16-23(22-9-5-6-10-25(22)29-26)27(31)30-24-11-7-8-18(3)19(24)4/h5-6,9-10,12-19,24H,7-8,11H2,1-4H3,(H,28,29)(H,30,31)/t18-,19-,24+/m0/s1. The monoisotopic (exact) mass is 415 g/mol. The molecule has 1 fully saturated rings. The van der Waals surface area contributed by atoms with Crippen LogP contribution in [0.3, 0.4) is 0 Å². The lowest BCUT2D eigenvalue weighted by molar-refractivity contribution is 0.0892. The molecule has 1 aliphatic carbocycles. The van der Waals surface area contributed by atoms with Gasteiger partial charge in [0.2, 0.25) is 0 Å². The molecule has 31 heavy (non-hydrogen) atoms. The molecule has 0 radical (unpaired) electrons. The van der Waals surface area contributed by atoms with Crippen molar-refractivity contribution in [2.45, 2.75) is 58.9 Å². The van der Waals surface area contributed by atoms with E-state index >= 15 is 0 Å². The van der Waals surface area contributed by atoms with Gasteiger partial charge in [0, 0.05) is 17.1 Å². The van der Waals surface area contributed by atoms with Gasteiger partial charge in [-0.1, -0.05) is 70.9 Å². The van der Waals surface area contributed by atoms with Crippen LogP contribution in [0.1, 0.15) is 68.8 Å². The fourth-order valence-corrected chi connectivity index (χ4v) is 4.56. The van der Waals surface area contributed by atoms with Crippen LogP contribution in [0.25, 0.3) is 10.9 Å². The molecule has 3 aromatic rings. The lowest BCUT2D eigenvalue weighted by atomic mass is 9.78. The van der Waals surface area contributed by atoms with Crippen molar-refractivity contribution in [1.82, 2.24) is 10.3 Å². The summed E-state index contributed by atoms with van der Waals surface area (Å²) in [7, 11) is 0. The summed E-state index contributed by atoms with van der Waals surface area (Å²) in [6, 6.07) is 18.4. The summed E-state index contributed by atoms with van der Waals surface area (Å²) < 4.78 is 0. The predicted molar refractivity (Wildman–Crippen MR) is 129 cm³/mol. The number of anilines is 2. The molecule has 162 valence electrons. The number of hydrogen-bond acceptors (Lipinski definition) is 3. The Balaban J connectivity index is 1.62. The summed E-state index contributed by atoms with van der Waals surface area (Å²) >= 11 is 0. The van der Waals surface area contributed by atoms with E-state index in [0.717, 1.165) is 23.0 Å². The number of rotatable bonds is 5. The van der Waals surface area contributed by atoms with Crippen molar-refractivity contribution >= 4 is 28.3 Å². The number of nitrogens with one attached hydrogen (secondary N) is 2. The highest BCUT2D eigenvalue weighted by Gasteiger charge is 2.29. The van der Waals surface area contributed by atoms with Gasteiger partial charge in [0.05, 0.1) is 11.1 Å². The van der Waals surface area contributed by atoms with Crippen molar-refractivity contribution in [3.05, 3.63) is 65.7 Å². The number of para-hydroxylation sites is 1. The summed E-state index contributed by atoms with van der Waals surface area (Å²) in [5.41, 5.74) is 3.76. The molecule has 2 aromatic carbocycles. The molecule has 0 aliphatic heterocycles. The Hall–Kier alpha value is -2.88. The summed E-state index contributed by atoms with van der Waals surface area (Å²) in [6.45, 7) is 8.92. The third kappa shape index (κ3) is 4.73. The molecular weight excluding hydrogens is 382 g/mol. The largest absolute Gasteiger partial charge is 0.349 e. The Morgan fingerprint density at radius 1 is 1.03 bits per heavy atom. The SMILES string of the molecule is CC(C)c1ccc(Nc2cc(C(=O)N[C@@H]3CCC[C@H](C)[C@@H]3C)c3ccccc3n2)cc1. The lowest BCUT2D eigenvalue weighted by Crippen LogP contribution is -2.43. The van der Waals surface area contributed by atoms with Gasteiger partial charge < -0.3 is 10.6 Å². The third-order valence-electron chi connectivity index (χ3n) is 6.83. The summed E-state index contributed by atoms with van der Waals surface area (Å²) in [4.78, 5) is 18.1. The molecule has 3 atom stereocenters. The molecular formula is C27H33N3O. The normalized spacial score (nSPS) is 21.3. The third-order valence-corrected chi connectivity index (χ3v) is 6.83. The van der Waals surface area contributed by atoms with Gasteiger partial charge >= 0.3 is 0 Å². The van der Waals surface area contributed by atoms with Crippen molar-refractivity contribution in [3.8, 4) is 0 Å². The Kier molecular flexibility index (Phi) is 6.26. The zero-order valence-corrected chi connectivity index (χ0v) is 19.0. The van der Waals surface area contributed by atoms with Crippen LogP contribution in [0.15, 0.2) is 54.6 Å². The highest BCUT2D eigenvalue weighted by Crippen LogP contribution is 2.30. The summed E-state index contributed by atoms with van der Waals surface area (Å²) in [6.07, 6.45) is 3.47. The van der Waals surface area contributed by atoms with Crippen molar-refractivity contribution in [1.29, 1.82) is 0 Å². The molecule has 1 amide bonds. The molecule has 4 heteroatoms. The van der Waals surface area contributed by atoms with Gasteiger partial charge in [-0.25, -0.2) is 4.98 Å². The molecule has 2 N–H and O–H groups in total. The maximum Gasteiger partial charge on any atom is 0.252 e. The fourth-order valence-electron chi connectivity index (χ4n) is 4.56. The number of pyridine rings is 1. The maximum atomic E-state index is 13.3. The van der Waals surface area contributed by atoms with Crippen LogP contribution < -0.4 is 10.6 Å². The predicted octanol–water partition coefficient (Wildman–Crippen LogP) is 6.66. The molecule has 0 unspecified atom stereocenters. The van der Waals surface area contributed by atoms with Crippen LogP contribution in [0.2, 0.25) is 0 Å². The lowest BCUT2D eigenvalue weighted by Gasteiger charge is -2.34. The minimum Gasteiger partial charge on any atom is -0.349 e. The topological polar surface area (TPSA) is 54.0 Å². The van der Waals surface area contributed by atoms with Gasteiger partial charge in [0.15, 0.2) is 0 Å². The van der Waals surface area contributed by atoms with E-state index in [-0.39, 0.29) is 11.9 Å². The second kappa shape index (κ2) is 9.09. The second-order valence-electron chi connectivity index (χ2n) is 9.32. The molecule has 1 aromatic heterocycles. The van der Waals surface area contributed by atoms with Crippen LogP contribution in [-0.2, 0) is 0 Å². The van der Waals surface area contributed by atoms with E-state index in [4.69, 9.17) is 4.98 Å². The highest BCUT2D eigenvalue weighted by atomic mass is 16.1. The first-order chi connectivity index (χ1) is 14.9. The van der Waals surface area contributed by atoms with Gasteiger partial charge in [0.1, 0.15) is 5.82 Å². The number of carbonyl (C=O) groups is 1. The minimum atomic E-state index is -0.0113. The van der Waals surface area contributed by atoms with Crippen molar-refractivity contribution in [2.24, 2.45) is 11.8 Å². The van der Waals surface area contributed by atoms with Crippen molar-refractivity contribution in [2.75, 3.05) is 5.32 Å². The molecule has 0 bridgehead atoms. The van der Waals surface area contributed by atoms with Gasteiger partial charge in [-0.2, -0.15) is 0 Å². The van der Waals surface area contributed by atoms with E-state index in [1.54, 1.807) is 0 Å². The van der Waals surface area contributed by atoms with Gasteiger partial charge in [0.25, 0.3) is 5.91 Å². The quantitative estimate of drug-likeness (QED) is 0.490. The summed E-state index contributed by atoms with van der Waals surface area (Å²) in [5.74, 6) is 2.30. The van der Waals surface area contributed by atoms with Crippen LogP contribution in [0.4, 0.5) is 11.5 Å². The van der Waals surface area contributed by atoms with Crippen molar-refractivity contribution < 1.29 is 4.79 Å². The fraction of sp³-hybridized carbons (Fsp3) is 0.407.